The maximum Gasteiger partial charge on any atom is 0.345 e. The second kappa shape index (κ2) is 8.37. The highest BCUT2D eigenvalue weighted by Gasteiger charge is 2.29. The molecule has 2 aromatic heterocycles. The lowest BCUT2D eigenvalue weighted by atomic mass is 9.95. The Hall–Kier alpha value is -2.67. The van der Waals surface area contributed by atoms with Gasteiger partial charge < -0.3 is 4.90 Å². The minimum Gasteiger partial charge on any atom is -0.338 e. The fourth-order valence-corrected chi connectivity index (χ4v) is 4.80. The third-order valence-electron chi connectivity index (χ3n) is 5.60. The molecule has 1 saturated heterocycles. The zero-order chi connectivity index (χ0) is 20.4. The van der Waals surface area contributed by atoms with E-state index in [2.05, 4.69) is 17.2 Å². The summed E-state index contributed by atoms with van der Waals surface area (Å²) >= 11 is 1.55. The molecule has 0 bridgehead atoms. The topological polar surface area (TPSA) is 60.1 Å². The first-order valence-electron chi connectivity index (χ1n) is 10.1. The summed E-state index contributed by atoms with van der Waals surface area (Å²) < 4.78 is 3.25. The average Bonchev–Trinajstić information content (AvgIpc) is 3.30. The van der Waals surface area contributed by atoms with Gasteiger partial charge >= 0.3 is 5.69 Å². The standard InChI is InChI=1S/C22H26N4O2S/c1-16-8-9-19(29-16)21(27)25-13-11-18(12-14-25)20-23-24(2)22(28)26(20)15-10-17-6-4-3-5-7-17/h3-9,18H,10-15H2,1-2H3. The summed E-state index contributed by atoms with van der Waals surface area (Å²) in [7, 11) is 1.71. The highest BCUT2D eigenvalue weighted by atomic mass is 32.1. The van der Waals surface area contributed by atoms with Crippen molar-refractivity contribution in [1.29, 1.82) is 0 Å². The number of carbonyl (C=O) groups is 1. The Bertz CT molecular complexity index is 1040. The van der Waals surface area contributed by atoms with E-state index in [0.717, 1.165) is 34.8 Å². The second-order valence-corrected chi connectivity index (χ2v) is 8.92. The predicted molar refractivity (Wildman–Crippen MR) is 115 cm³/mol. The Morgan fingerprint density at radius 2 is 1.86 bits per heavy atom. The first-order valence-corrected chi connectivity index (χ1v) is 10.9. The van der Waals surface area contributed by atoms with E-state index >= 15 is 0 Å². The van der Waals surface area contributed by atoms with E-state index in [4.69, 9.17) is 0 Å². The number of benzene rings is 1. The molecule has 1 fully saturated rings. The van der Waals surface area contributed by atoms with Crippen LogP contribution in [0.5, 0.6) is 0 Å². The first-order chi connectivity index (χ1) is 14.0. The minimum absolute atomic E-state index is 0.0662. The molecule has 7 heteroatoms. The molecule has 1 aliphatic heterocycles. The third-order valence-corrected chi connectivity index (χ3v) is 6.59. The van der Waals surface area contributed by atoms with Gasteiger partial charge in [-0.1, -0.05) is 30.3 Å². The molecule has 0 spiro atoms. The van der Waals surface area contributed by atoms with Gasteiger partial charge in [-0.15, -0.1) is 11.3 Å². The number of hydrogen-bond acceptors (Lipinski definition) is 4. The van der Waals surface area contributed by atoms with Crippen molar-refractivity contribution in [3.8, 4) is 0 Å². The van der Waals surface area contributed by atoms with Crippen LogP contribution in [-0.2, 0) is 20.0 Å². The molecule has 3 aromatic rings. The Kier molecular flexibility index (Phi) is 5.67. The molecule has 152 valence electrons. The summed E-state index contributed by atoms with van der Waals surface area (Å²) in [5, 5.41) is 4.54. The third kappa shape index (κ3) is 4.19. The van der Waals surface area contributed by atoms with E-state index in [0.29, 0.717) is 19.6 Å². The van der Waals surface area contributed by atoms with Crippen molar-refractivity contribution >= 4 is 17.2 Å². The van der Waals surface area contributed by atoms with Gasteiger partial charge in [-0.2, -0.15) is 5.10 Å². The molecule has 0 atom stereocenters. The van der Waals surface area contributed by atoms with Crippen molar-refractivity contribution in [3.05, 3.63) is 74.1 Å². The van der Waals surface area contributed by atoms with Crippen molar-refractivity contribution in [3.63, 3.8) is 0 Å². The lowest BCUT2D eigenvalue weighted by Crippen LogP contribution is -2.38. The van der Waals surface area contributed by atoms with Crippen molar-refractivity contribution in [1.82, 2.24) is 19.2 Å². The highest BCUT2D eigenvalue weighted by Crippen LogP contribution is 2.28. The maximum absolute atomic E-state index is 12.7. The van der Waals surface area contributed by atoms with Gasteiger partial charge in [0.25, 0.3) is 5.91 Å². The Morgan fingerprint density at radius 1 is 1.14 bits per heavy atom. The molecule has 3 heterocycles. The van der Waals surface area contributed by atoms with E-state index in [-0.39, 0.29) is 17.5 Å². The number of aromatic nitrogens is 3. The zero-order valence-electron chi connectivity index (χ0n) is 16.9. The number of carbonyl (C=O) groups excluding carboxylic acids is 1. The molecule has 1 aliphatic rings. The van der Waals surface area contributed by atoms with E-state index in [1.807, 2.05) is 46.7 Å². The summed E-state index contributed by atoms with van der Waals surface area (Å²) in [5.41, 5.74) is 1.14. The molecule has 1 amide bonds. The van der Waals surface area contributed by atoms with E-state index in [1.165, 1.54) is 10.2 Å². The van der Waals surface area contributed by atoms with Gasteiger partial charge in [-0.3, -0.25) is 9.36 Å². The number of nitrogens with zero attached hydrogens (tertiary/aromatic N) is 4. The van der Waals surface area contributed by atoms with Crippen LogP contribution in [0.15, 0.2) is 47.3 Å². The highest BCUT2D eigenvalue weighted by molar-refractivity contribution is 7.13. The number of likely N-dealkylation sites (tertiary alicyclic amines) is 1. The van der Waals surface area contributed by atoms with Crippen LogP contribution in [0.1, 0.15) is 44.7 Å². The number of thiophene rings is 1. The summed E-state index contributed by atoms with van der Waals surface area (Å²) in [6, 6.07) is 14.1. The molecule has 29 heavy (non-hydrogen) atoms. The number of rotatable bonds is 5. The largest absolute Gasteiger partial charge is 0.345 e. The minimum atomic E-state index is -0.0662. The number of aryl methyl sites for hydroxylation is 3. The van der Waals surface area contributed by atoms with E-state index in [1.54, 1.807) is 18.4 Å². The second-order valence-electron chi connectivity index (χ2n) is 7.63. The van der Waals surface area contributed by atoms with Crippen LogP contribution in [0, 0.1) is 6.92 Å². The van der Waals surface area contributed by atoms with Crippen molar-refractivity contribution in [2.24, 2.45) is 7.05 Å². The van der Waals surface area contributed by atoms with Gasteiger partial charge in [-0.05, 0) is 43.9 Å². The van der Waals surface area contributed by atoms with Crippen LogP contribution in [0.3, 0.4) is 0 Å². The molecule has 0 saturated carbocycles. The normalized spacial score (nSPS) is 15.0. The predicted octanol–water partition coefficient (Wildman–Crippen LogP) is 3.21. The molecule has 6 nitrogen and oxygen atoms in total. The zero-order valence-corrected chi connectivity index (χ0v) is 17.7. The lowest BCUT2D eigenvalue weighted by Gasteiger charge is -2.31. The van der Waals surface area contributed by atoms with Gasteiger partial charge in [0.15, 0.2) is 0 Å². The van der Waals surface area contributed by atoms with Crippen LogP contribution in [-0.4, -0.2) is 38.2 Å². The Morgan fingerprint density at radius 3 is 2.52 bits per heavy atom. The molecule has 4 rings (SSSR count). The fraction of sp³-hybridized carbons (Fsp3) is 0.409. The van der Waals surface area contributed by atoms with Crippen LogP contribution in [0.4, 0.5) is 0 Å². The quantitative estimate of drug-likeness (QED) is 0.649. The monoisotopic (exact) mass is 410 g/mol. The summed E-state index contributed by atoms with van der Waals surface area (Å²) in [6.45, 7) is 4.04. The van der Waals surface area contributed by atoms with E-state index < -0.39 is 0 Å². The molecule has 0 unspecified atom stereocenters. The maximum atomic E-state index is 12.7. The van der Waals surface area contributed by atoms with Gasteiger partial charge in [0, 0.05) is 37.5 Å². The van der Waals surface area contributed by atoms with Crippen LogP contribution < -0.4 is 5.69 Å². The molecule has 0 aliphatic carbocycles. The molecule has 0 N–H and O–H groups in total. The van der Waals surface area contributed by atoms with Crippen molar-refractivity contribution in [2.45, 2.75) is 38.6 Å². The molecule has 1 aromatic carbocycles. The van der Waals surface area contributed by atoms with Gasteiger partial charge in [0.2, 0.25) is 0 Å². The van der Waals surface area contributed by atoms with E-state index in [9.17, 15) is 9.59 Å². The molecular weight excluding hydrogens is 384 g/mol. The smallest absolute Gasteiger partial charge is 0.338 e. The van der Waals surface area contributed by atoms with Gasteiger partial charge in [0.05, 0.1) is 4.88 Å². The SMILES string of the molecule is Cc1ccc(C(=O)N2CCC(c3nn(C)c(=O)n3CCc3ccccc3)CC2)s1. The fourth-order valence-electron chi connectivity index (χ4n) is 3.97. The Balaban J connectivity index is 1.45. The molecular formula is C22H26N4O2S. The first kappa shape index (κ1) is 19.6. The van der Waals surface area contributed by atoms with Gasteiger partial charge in [-0.25, -0.2) is 9.48 Å². The Labute approximate surface area is 174 Å². The summed E-state index contributed by atoms with van der Waals surface area (Å²) in [5.74, 6) is 1.17. The summed E-state index contributed by atoms with van der Waals surface area (Å²) in [6.07, 6.45) is 2.46. The van der Waals surface area contributed by atoms with Crippen molar-refractivity contribution < 1.29 is 4.79 Å². The van der Waals surface area contributed by atoms with Crippen LogP contribution in [0.2, 0.25) is 0 Å². The number of amides is 1. The summed E-state index contributed by atoms with van der Waals surface area (Å²) in [4.78, 5) is 29.2. The van der Waals surface area contributed by atoms with Crippen molar-refractivity contribution in [2.75, 3.05) is 13.1 Å². The number of hydrogen-bond donors (Lipinski definition) is 0. The average molecular weight is 411 g/mol. The van der Waals surface area contributed by atoms with Crippen LogP contribution >= 0.6 is 11.3 Å². The lowest BCUT2D eigenvalue weighted by molar-refractivity contribution is 0.0715. The van der Waals surface area contributed by atoms with Gasteiger partial charge in [0.1, 0.15) is 5.82 Å². The van der Waals surface area contributed by atoms with Crippen LogP contribution in [0.25, 0.3) is 0 Å². The molecule has 0 radical (unpaired) electrons. The number of piperidine rings is 1.